The van der Waals surface area contributed by atoms with Gasteiger partial charge in [0.05, 0.1) is 0 Å². The van der Waals surface area contributed by atoms with Crippen molar-refractivity contribution in [2.45, 2.75) is 52.1 Å². The Morgan fingerprint density at radius 3 is 2.10 bits per heavy atom. The van der Waals surface area contributed by atoms with Crippen LogP contribution in [-0.4, -0.2) is 29.8 Å². The van der Waals surface area contributed by atoms with Gasteiger partial charge in [0, 0.05) is 35.6 Å². The Hall–Kier alpha value is -2.04. The molecule has 0 spiro atoms. The smallest absolute Gasteiger partial charge is 0.242 e. The lowest BCUT2D eigenvalue weighted by atomic mass is 10.0. The number of nitrogens with one attached hydrogen (secondary N) is 1. The molecule has 6 heteroatoms. The van der Waals surface area contributed by atoms with E-state index in [1.165, 1.54) is 5.56 Å². The molecular formula is C23H28Cl2N2O2. The van der Waals surface area contributed by atoms with Crippen molar-refractivity contribution >= 4 is 35.0 Å². The van der Waals surface area contributed by atoms with Crippen LogP contribution in [0.4, 0.5) is 0 Å². The van der Waals surface area contributed by atoms with Crippen molar-refractivity contribution in [1.29, 1.82) is 0 Å². The van der Waals surface area contributed by atoms with Crippen LogP contribution in [0.5, 0.6) is 0 Å². The lowest BCUT2D eigenvalue weighted by Gasteiger charge is -2.31. The van der Waals surface area contributed by atoms with E-state index < -0.39 is 6.04 Å². The number of carbonyl (C=O) groups excluding carboxylic acids is 2. The van der Waals surface area contributed by atoms with Crippen LogP contribution in [0.25, 0.3) is 0 Å². The number of carbonyl (C=O) groups is 2. The summed E-state index contributed by atoms with van der Waals surface area (Å²) in [5, 5.41) is 3.62. The van der Waals surface area contributed by atoms with Gasteiger partial charge in [-0.15, -0.1) is 0 Å². The Kier molecular flexibility index (Phi) is 8.99. The Bertz CT molecular complexity index is 817. The summed E-state index contributed by atoms with van der Waals surface area (Å²) < 4.78 is 0. The summed E-state index contributed by atoms with van der Waals surface area (Å²) in [7, 11) is 1.57. The monoisotopic (exact) mass is 434 g/mol. The van der Waals surface area contributed by atoms with E-state index in [1.54, 1.807) is 30.1 Å². The summed E-state index contributed by atoms with van der Waals surface area (Å²) in [6.07, 6.45) is 2.40. The van der Waals surface area contributed by atoms with Crippen molar-refractivity contribution in [3.63, 3.8) is 0 Å². The van der Waals surface area contributed by atoms with Crippen molar-refractivity contribution < 1.29 is 9.59 Å². The standard InChI is InChI=1S/C23H28Cl2N2O2/c1-4-16-9-11-17(12-10-16)13-14-22(28)27(21(5-2)23(29)26-3)15-18-19(24)7-6-8-20(18)25/h6-12,21H,4-5,13-15H2,1-3H3,(H,26,29)/t21-/m0/s1. The van der Waals surface area contributed by atoms with Gasteiger partial charge in [-0.3, -0.25) is 9.59 Å². The average Bonchev–Trinajstić information content (AvgIpc) is 2.73. The second-order valence-electron chi connectivity index (χ2n) is 6.93. The van der Waals surface area contributed by atoms with Crippen LogP contribution in [0.2, 0.25) is 10.0 Å². The van der Waals surface area contributed by atoms with Crippen molar-refractivity contribution in [1.82, 2.24) is 10.2 Å². The van der Waals surface area contributed by atoms with Crippen LogP contribution in [-0.2, 0) is 29.0 Å². The van der Waals surface area contributed by atoms with Gasteiger partial charge >= 0.3 is 0 Å². The maximum absolute atomic E-state index is 13.1. The fourth-order valence-electron chi connectivity index (χ4n) is 3.28. The van der Waals surface area contributed by atoms with E-state index in [4.69, 9.17) is 23.2 Å². The SMILES string of the molecule is CCc1ccc(CCC(=O)N(Cc2c(Cl)cccc2Cl)[C@@H](CC)C(=O)NC)cc1. The molecule has 4 nitrogen and oxygen atoms in total. The zero-order valence-electron chi connectivity index (χ0n) is 17.2. The van der Waals surface area contributed by atoms with Crippen LogP contribution >= 0.6 is 23.2 Å². The highest BCUT2D eigenvalue weighted by atomic mass is 35.5. The lowest BCUT2D eigenvalue weighted by molar-refractivity contribution is -0.141. The summed E-state index contributed by atoms with van der Waals surface area (Å²) in [5.41, 5.74) is 3.01. The minimum absolute atomic E-state index is 0.101. The largest absolute Gasteiger partial charge is 0.357 e. The molecule has 0 bridgehead atoms. The molecule has 0 heterocycles. The first-order valence-electron chi connectivity index (χ1n) is 9.92. The Labute approximate surface area is 183 Å². The molecule has 1 atom stereocenters. The van der Waals surface area contributed by atoms with Crippen LogP contribution in [0.3, 0.4) is 0 Å². The first-order chi connectivity index (χ1) is 13.9. The fourth-order valence-corrected chi connectivity index (χ4v) is 3.79. The van der Waals surface area contributed by atoms with Gasteiger partial charge in [0.25, 0.3) is 0 Å². The van der Waals surface area contributed by atoms with E-state index in [0.29, 0.717) is 34.9 Å². The molecule has 0 aliphatic heterocycles. The number of amides is 2. The molecule has 1 N–H and O–H groups in total. The molecule has 0 unspecified atom stereocenters. The first-order valence-corrected chi connectivity index (χ1v) is 10.7. The first kappa shape index (κ1) is 23.2. The average molecular weight is 435 g/mol. The van der Waals surface area contributed by atoms with Crippen LogP contribution in [0.1, 0.15) is 43.4 Å². The molecule has 0 saturated heterocycles. The highest BCUT2D eigenvalue weighted by Crippen LogP contribution is 2.27. The number of nitrogens with zero attached hydrogens (tertiary/aromatic N) is 1. The molecule has 0 radical (unpaired) electrons. The van der Waals surface area contributed by atoms with Crippen molar-refractivity contribution in [3.8, 4) is 0 Å². The summed E-state index contributed by atoms with van der Waals surface area (Å²) >= 11 is 12.6. The Morgan fingerprint density at radius 1 is 1.00 bits per heavy atom. The van der Waals surface area contributed by atoms with E-state index in [1.807, 2.05) is 6.92 Å². The van der Waals surface area contributed by atoms with E-state index in [9.17, 15) is 9.59 Å². The summed E-state index contributed by atoms with van der Waals surface area (Å²) in [6, 6.07) is 12.9. The third kappa shape index (κ3) is 6.22. The number of hydrogen-bond acceptors (Lipinski definition) is 2. The molecule has 0 fully saturated rings. The van der Waals surface area contributed by atoms with Gasteiger partial charge in [-0.1, -0.05) is 67.4 Å². The molecule has 2 amide bonds. The number of aryl methyl sites for hydroxylation is 2. The van der Waals surface area contributed by atoms with Gasteiger partial charge in [0.15, 0.2) is 0 Å². The van der Waals surface area contributed by atoms with Gasteiger partial charge in [0.2, 0.25) is 11.8 Å². The van der Waals surface area contributed by atoms with Gasteiger partial charge < -0.3 is 10.2 Å². The van der Waals surface area contributed by atoms with E-state index in [2.05, 4.69) is 36.5 Å². The Balaban J connectivity index is 2.22. The molecule has 0 aliphatic carbocycles. The molecule has 156 valence electrons. The number of rotatable bonds is 9. The minimum Gasteiger partial charge on any atom is -0.357 e. The molecule has 0 aliphatic rings. The van der Waals surface area contributed by atoms with Crippen molar-refractivity contribution in [2.75, 3.05) is 7.05 Å². The second-order valence-corrected chi connectivity index (χ2v) is 7.74. The molecular weight excluding hydrogens is 407 g/mol. The third-order valence-corrected chi connectivity index (χ3v) is 5.79. The molecule has 0 aromatic heterocycles. The van der Waals surface area contributed by atoms with Crippen molar-refractivity contribution in [3.05, 3.63) is 69.2 Å². The van der Waals surface area contributed by atoms with E-state index in [-0.39, 0.29) is 18.4 Å². The third-order valence-electron chi connectivity index (χ3n) is 5.08. The fraction of sp³-hybridized carbons (Fsp3) is 0.391. The normalized spacial score (nSPS) is 11.8. The second kappa shape index (κ2) is 11.2. The minimum atomic E-state index is -0.581. The lowest BCUT2D eigenvalue weighted by Crippen LogP contribution is -2.48. The highest BCUT2D eigenvalue weighted by molar-refractivity contribution is 6.36. The molecule has 0 saturated carbocycles. The van der Waals surface area contributed by atoms with Crippen molar-refractivity contribution in [2.24, 2.45) is 0 Å². The maximum Gasteiger partial charge on any atom is 0.242 e. The van der Waals surface area contributed by atoms with Gasteiger partial charge in [-0.05, 0) is 42.5 Å². The topological polar surface area (TPSA) is 49.4 Å². The number of benzene rings is 2. The Morgan fingerprint density at radius 2 is 1.59 bits per heavy atom. The molecule has 2 aromatic rings. The van der Waals surface area contributed by atoms with Crippen LogP contribution < -0.4 is 5.32 Å². The van der Waals surface area contributed by atoms with Crippen LogP contribution in [0.15, 0.2) is 42.5 Å². The summed E-state index contributed by atoms with van der Waals surface area (Å²) in [6.45, 7) is 4.19. The van der Waals surface area contributed by atoms with Gasteiger partial charge in [0.1, 0.15) is 6.04 Å². The van der Waals surface area contributed by atoms with Gasteiger partial charge in [-0.25, -0.2) is 0 Å². The molecule has 2 aromatic carbocycles. The number of halogens is 2. The van der Waals surface area contributed by atoms with Crippen LogP contribution in [0, 0.1) is 0 Å². The number of likely N-dealkylation sites (N-methyl/N-ethyl adjacent to an activating group) is 1. The predicted molar refractivity (Wildman–Crippen MR) is 119 cm³/mol. The van der Waals surface area contributed by atoms with E-state index >= 15 is 0 Å². The van der Waals surface area contributed by atoms with E-state index in [0.717, 1.165) is 12.0 Å². The molecule has 2 rings (SSSR count). The van der Waals surface area contributed by atoms with Gasteiger partial charge in [-0.2, -0.15) is 0 Å². The molecule has 29 heavy (non-hydrogen) atoms. The quantitative estimate of drug-likeness (QED) is 0.600. The summed E-state index contributed by atoms with van der Waals surface area (Å²) in [4.78, 5) is 27.2. The zero-order valence-corrected chi connectivity index (χ0v) is 18.7. The zero-order chi connectivity index (χ0) is 21.4. The maximum atomic E-state index is 13.1. The summed E-state index contributed by atoms with van der Waals surface area (Å²) in [5.74, 6) is -0.299. The predicted octanol–water partition coefficient (Wildman–Crippen LogP) is 5.04. The highest BCUT2D eigenvalue weighted by Gasteiger charge is 2.28. The number of hydrogen-bond donors (Lipinski definition) is 1.